The van der Waals surface area contributed by atoms with Gasteiger partial charge < -0.3 is 0 Å². The Kier molecular flexibility index (Phi) is 5.46. The fraction of sp³-hybridized carbons (Fsp3) is 0.105. The maximum absolute atomic E-state index is 13.3. The molecule has 152 valence electrons. The maximum Gasteiger partial charge on any atom is 0.229 e. The van der Waals surface area contributed by atoms with Gasteiger partial charge in [0.1, 0.15) is 0 Å². The predicted octanol–water partition coefficient (Wildman–Crippen LogP) is 6.21. The van der Waals surface area contributed by atoms with Crippen molar-refractivity contribution in [1.82, 2.24) is 0 Å². The van der Waals surface area contributed by atoms with Gasteiger partial charge in [-0.3, -0.25) is 25.0 Å². The van der Waals surface area contributed by atoms with Gasteiger partial charge in [-0.05, 0) is 12.1 Å². The summed E-state index contributed by atoms with van der Waals surface area (Å²) in [4.78, 5) is 34.8. The molecule has 0 aliphatic carbocycles. The number of hydrogen-bond donors (Lipinski definition) is 0. The highest BCUT2D eigenvalue weighted by Crippen LogP contribution is 2.43. The molecule has 0 aliphatic rings. The molecule has 7 nitrogen and oxygen atoms in total. The molecule has 0 bridgehead atoms. The van der Waals surface area contributed by atoms with E-state index in [0.29, 0.717) is 31.3 Å². The largest absolute Gasteiger partial charge is 0.287 e. The summed E-state index contributed by atoms with van der Waals surface area (Å²) in [6.45, 7) is -0.815. The first-order chi connectivity index (χ1) is 14.3. The molecule has 4 rings (SSSR count). The van der Waals surface area contributed by atoms with E-state index in [2.05, 4.69) is 0 Å². The van der Waals surface area contributed by atoms with Crippen LogP contribution in [0.25, 0.3) is 20.2 Å². The number of halogens is 2. The fourth-order valence-electron chi connectivity index (χ4n) is 3.29. The van der Waals surface area contributed by atoms with Crippen molar-refractivity contribution in [3.63, 3.8) is 0 Å². The van der Waals surface area contributed by atoms with Crippen molar-refractivity contribution in [2.75, 3.05) is 0 Å². The molecule has 0 radical (unpaired) electrons. The van der Waals surface area contributed by atoms with Crippen LogP contribution in [0, 0.1) is 20.2 Å². The van der Waals surface area contributed by atoms with Gasteiger partial charge in [0.05, 0.1) is 19.8 Å². The third kappa shape index (κ3) is 3.54. The van der Waals surface area contributed by atoms with Gasteiger partial charge in [0, 0.05) is 41.1 Å². The summed E-state index contributed by atoms with van der Waals surface area (Å²) in [5.74, 6) is -0.411. The van der Waals surface area contributed by atoms with Crippen molar-refractivity contribution < 1.29 is 14.6 Å². The number of nitro groups is 2. The standard InChI is InChI=1S/C19H10Cl2N2O5S2/c20-15-13-9(7-22(25)26)3-1-5-11(13)29-18(15)17(24)19-16(21)14-10(8-23(27)28)4-2-6-12(14)30-19/h1-6H,7-8H2. The molecule has 2 aromatic carbocycles. The lowest BCUT2D eigenvalue weighted by Gasteiger charge is -2.00. The number of rotatable bonds is 6. The number of ketones is 1. The van der Waals surface area contributed by atoms with Crippen molar-refractivity contribution >= 4 is 71.8 Å². The van der Waals surface area contributed by atoms with Crippen LogP contribution in [0.4, 0.5) is 0 Å². The third-order valence-electron chi connectivity index (χ3n) is 4.50. The molecular formula is C19H10Cl2N2O5S2. The van der Waals surface area contributed by atoms with Crippen LogP contribution in [0.1, 0.15) is 25.7 Å². The van der Waals surface area contributed by atoms with Crippen LogP contribution < -0.4 is 0 Å². The van der Waals surface area contributed by atoms with Crippen LogP contribution in [0.2, 0.25) is 10.0 Å². The van der Waals surface area contributed by atoms with Crippen LogP contribution in [-0.2, 0) is 13.1 Å². The first-order valence-corrected chi connectivity index (χ1v) is 10.8. The zero-order valence-electron chi connectivity index (χ0n) is 14.9. The van der Waals surface area contributed by atoms with Gasteiger partial charge in [0.2, 0.25) is 18.9 Å². The molecule has 0 atom stereocenters. The van der Waals surface area contributed by atoms with E-state index in [9.17, 15) is 25.0 Å². The topological polar surface area (TPSA) is 103 Å². The summed E-state index contributed by atoms with van der Waals surface area (Å²) in [5.41, 5.74) is 0.849. The molecular weight excluding hydrogens is 471 g/mol. The van der Waals surface area contributed by atoms with Crippen molar-refractivity contribution in [1.29, 1.82) is 0 Å². The van der Waals surface area contributed by atoms with Crippen molar-refractivity contribution in [3.8, 4) is 0 Å². The van der Waals surface area contributed by atoms with Gasteiger partial charge in [0.15, 0.2) is 0 Å². The summed E-state index contributed by atoms with van der Waals surface area (Å²) in [6.07, 6.45) is 0. The van der Waals surface area contributed by atoms with Crippen molar-refractivity contribution in [2.45, 2.75) is 13.1 Å². The summed E-state index contributed by atoms with van der Waals surface area (Å²) in [5, 5.41) is 23.2. The molecule has 0 spiro atoms. The molecule has 0 saturated heterocycles. The lowest BCUT2D eigenvalue weighted by Crippen LogP contribution is -2.00. The highest BCUT2D eigenvalue weighted by Gasteiger charge is 2.26. The van der Waals surface area contributed by atoms with E-state index in [4.69, 9.17) is 23.2 Å². The number of thiophene rings is 2. The highest BCUT2D eigenvalue weighted by molar-refractivity contribution is 7.25. The molecule has 4 aromatic rings. The van der Waals surface area contributed by atoms with Gasteiger partial charge in [-0.25, -0.2) is 0 Å². The molecule has 30 heavy (non-hydrogen) atoms. The number of fused-ring (bicyclic) bond motifs is 2. The molecule has 0 amide bonds. The summed E-state index contributed by atoms with van der Waals surface area (Å²) in [7, 11) is 0. The Labute approximate surface area is 186 Å². The predicted molar refractivity (Wildman–Crippen MR) is 118 cm³/mol. The van der Waals surface area contributed by atoms with E-state index in [1.54, 1.807) is 36.4 Å². The molecule has 2 aromatic heterocycles. The summed E-state index contributed by atoms with van der Waals surface area (Å²) < 4.78 is 1.32. The SMILES string of the molecule is O=C(c1sc2cccc(C[N+](=O)[O-])c2c1Cl)c1sc2cccc(C[N+](=O)[O-])c2c1Cl. The van der Waals surface area contributed by atoms with Crippen molar-refractivity contribution in [3.05, 3.63) is 87.6 Å². The van der Waals surface area contributed by atoms with Gasteiger partial charge >= 0.3 is 0 Å². The highest BCUT2D eigenvalue weighted by atomic mass is 35.5. The number of benzene rings is 2. The van der Waals surface area contributed by atoms with Crippen LogP contribution >= 0.6 is 45.9 Å². The summed E-state index contributed by atoms with van der Waals surface area (Å²) in [6, 6.07) is 10.1. The minimum absolute atomic E-state index is 0.150. The van der Waals surface area contributed by atoms with Crippen LogP contribution in [0.15, 0.2) is 36.4 Å². The monoisotopic (exact) mass is 480 g/mol. The Balaban J connectivity index is 1.86. The van der Waals surface area contributed by atoms with E-state index < -0.39 is 28.7 Å². The molecule has 11 heteroatoms. The normalized spacial score (nSPS) is 11.3. The first-order valence-electron chi connectivity index (χ1n) is 8.46. The molecule has 0 saturated carbocycles. The van der Waals surface area contributed by atoms with E-state index in [1.165, 1.54) is 0 Å². The molecule has 0 unspecified atom stereocenters. The lowest BCUT2D eigenvalue weighted by atomic mass is 10.1. The second kappa shape index (κ2) is 7.92. The van der Waals surface area contributed by atoms with E-state index in [0.717, 1.165) is 22.7 Å². The van der Waals surface area contributed by atoms with E-state index >= 15 is 0 Å². The van der Waals surface area contributed by atoms with Crippen LogP contribution in [0.5, 0.6) is 0 Å². The van der Waals surface area contributed by atoms with E-state index in [1.807, 2.05) is 0 Å². The first kappa shape index (κ1) is 20.7. The Morgan fingerprint density at radius 1 is 0.800 bits per heavy atom. The minimum Gasteiger partial charge on any atom is -0.287 e. The zero-order chi connectivity index (χ0) is 21.6. The molecule has 0 N–H and O–H groups in total. The van der Waals surface area contributed by atoms with Gasteiger partial charge in [-0.15, -0.1) is 22.7 Å². The lowest BCUT2D eigenvalue weighted by molar-refractivity contribution is -0.496. The summed E-state index contributed by atoms with van der Waals surface area (Å²) >= 11 is 15.2. The number of hydrogen-bond acceptors (Lipinski definition) is 7. The van der Waals surface area contributed by atoms with Crippen LogP contribution in [-0.4, -0.2) is 15.6 Å². The molecule has 2 heterocycles. The third-order valence-corrected chi connectivity index (χ3v) is 7.79. The number of nitrogens with zero attached hydrogens (tertiary/aromatic N) is 2. The van der Waals surface area contributed by atoms with E-state index in [-0.39, 0.29) is 19.8 Å². The van der Waals surface area contributed by atoms with Gasteiger partial charge in [-0.2, -0.15) is 0 Å². The Morgan fingerprint density at radius 2 is 1.20 bits per heavy atom. The minimum atomic E-state index is -0.454. The average molecular weight is 481 g/mol. The maximum atomic E-state index is 13.3. The Bertz CT molecular complexity index is 1260. The molecule has 0 aliphatic heterocycles. The Morgan fingerprint density at radius 3 is 1.57 bits per heavy atom. The second-order valence-corrected chi connectivity index (χ2v) is 9.24. The van der Waals surface area contributed by atoms with Crippen molar-refractivity contribution in [2.24, 2.45) is 0 Å². The Hall–Kier alpha value is -2.59. The average Bonchev–Trinajstić information content (AvgIpc) is 3.19. The quantitative estimate of drug-likeness (QED) is 0.185. The smallest absolute Gasteiger partial charge is 0.229 e. The zero-order valence-corrected chi connectivity index (χ0v) is 18.0. The number of carbonyl (C=O) groups is 1. The van der Waals surface area contributed by atoms with Gasteiger partial charge in [-0.1, -0.05) is 47.5 Å². The fourth-order valence-corrected chi connectivity index (χ4v) is 6.50. The van der Waals surface area contributed by atoms with Crippen LogP contribution in [0.3, 0.4) is 0 Å². The second-order valence-electron chi connectivity index (χ2n) is 6.38. The van der Waals surface area contributed by atoms with Gasteiger partial charge in [0.25, 0.3) is 0 Å². The number of carbonyl (C=O) groups excluding carboxylic acids is 1. The molecule has 0 fully saturated rings.